The van der Waals surface area contributed by atoms with Gasteiger partial charge in [0.05, 0.1) is 24.3 Å². The van der Waals surface area contributed by atoms with Crippen molar-refractivity contribution in [2.75, 3.05) is 41.8 Å². The Labute approximate surface area is 247 Å². The molecule has 216 valence electrons. The fourth-order valence-corrected chi connectivity index (χ4v) is 4.94. The number of ether oxygens (including phenoxy) is 1. The average Bonchev–Trinajstić information content (AvgIpc) is 3.02. The molecule has 0 bridgehead atoms. The summed E-state index contributed by atoms with van der Waals surface area (Å²) in [5.41, 5.74) is 4.25. The molecular formula is C32H28FN7O3. The number of benzene rings is 3. The molecule has 2 N–H and O–H groups in total. The van der Waals surface area contributed by atoms with Gasteiger partial charge in [-0.3, -0.25) is 4.79 Å². The van der Waals surface area contributed by atoms with Crippen LogP contribution in [0.15, 0.2) is 79.4 Å². The van der Waals surface area contributed by atoms with Crippen molar-refractivity contribution in [1.29, 1.82) is 0 Å². The van der Waals surface area contributed by atoms with Gasteiger partial charge in [0.15, 0.2) is 5.82 Å². The highest BCUT2D eigenvalue weighted by Gasteiger charge is 2.20. The van der Waals surface area contributed by atoms with E-state index in [1.165, 1.54) is 19.3 Å². The fourth-order valence-electron chi connectivity index (χ4n) is 4.94. The van der Waals surface area contributed by atoms with Gasteiger partial charge >= 0.3 is 6.03 Å². The third-order valence-electron chi connectivity index (χ3n) is 7.01. The van der Waals surface area contributed by atoms with Gasteiger partial charge in [0.25, 0.3) is 0 Å². The first-order valence-electron chi connectivity index (χ1n) is 13.8. The summed E-state index contributed by atoms with van der Waals surface area (Å²) in [5.74, 6) is 0.415. The number of hydrogen-bond donors (Lipinski definition) is 2. The lowest BCUT2D eigenvalue weighted by Crippen LogP contribution is -2.37. The van der Waals surface area contributed by atoms with Gasteiger partial charge in [-0.05, 0) is 60.5 Å². The van der Waals surface area contributed by atoms with E-state index in [0.29, 0.717) is 49.7 Å². The molecule has 3 heterocycles. The molecule has 2 amide bonds. The molecule has 2 aromatic heterocycles. The van der Waals surface area contributed by atoms with Crippen LogP contribution in [0.1, 0.15) is 12.5 Å². The molecule has 1 fully saturated rings. The summed E-state index contributed by atoms with van der Waals surface area (Å²) >= 11 is 0. The summed E-state index contributed by atoms with van der Waals surface area (Å²) in [6.07, 6.45) is 5.26. The Bertz CT molecular complexity index is 1790. The summed E-state index contributed by atoms with van der Waals surface area (Å²) in [7, 11) is 0. The molecular weight excluding hydrogens is 549 g/mol. The van der Waals surface area contributed by atoms with E-state index in [4.69, 9.17) is 14.7 Å². The SMILES string of the molecule is CC(=O)Cc1ccc(NC(=O)Nc2ccc(-c3nc(N4CCOCC4)c4ccc(-c5cncnc5)cc4n3)c(F)c2)cc1. The Balaban J connectivity index is 1.27. The molecule has 0 radical (unpaired) electrons. The number of nitrogens with zero attached hydrogens (tertiary/aromatic N) is 5. The van der Waals surface area contributed by atoms with Crippen LogP contribution in [0.3, 0.4) is 0 Å². The van der Waals surface area contributed by atoms with Crippen molar-refractivity contribution >= 4 is 39.9 Å². The number of rotatable bonds is 7. The number of hydrogen-bond acceptors (Lipinski definition) is 8. The molecule has 10 nitrogen and oxygen atoms in total. The molecule has 0 spiro atoms. The second kappa shape index (κ2) is 12.3. The van der Waals surface area contributed by atoms with Crippen LogP contribution in [0.5, 0.6) is 0 Å². The minimum absolute atomic E-state index is 0.0578. The van der Waals surface area contributed by atoms with Crippen molar-refractivity contribution in [2.24, 2.45) is 0 Å². The lowest BCUT2D eigenvalue weighted by atomic mass is 10.1. The zero-order chi connectivity index (χ0) is 29.8. The average molecular weight is 578 g/mol. The summed E-state index contributed by atoms with van der Waals surface area (Å²) in [6, 6.07) is 16.7. The number of anilines is 3. The maximum absolute atomic E-state index is 15.6. The Kier molecular flexibility index (Phi) is 7.96. The quantitative estimate of drug-likeness (QED) is 0.260. The summed E-state index contributed by atoms with van der Waals surface area (Å²) in [4.78, 5) is 43.8. The van der Waals surface area contributed by atoms with Crippen LogP contribution in [-0.2, 0) is 16.0 Å². The summed E-state index contributed by atoms with van der Waals surface area (Å²) < 4.78 is 21.1. The number of morpholine rings is 1. The third-order valence-corrected chi connectivity index (χ3v) is 7.01. The highest BCUT2D eigenvalue weighted by molar-refractivity contribution is 6.00. The lowest BCUT2D eigenvalue weighted by molar-refractivity contribution is -0.116. The largest absolute Gasteiger partial charge is 0.378 e. The van der Waals surface area contributed by atoms with Gasteiger partial charge < -0.3 is 20.3 Å². The van der Waals surface area contributed by atoms with E-state index in [9.17, 15) is 9.59 Å². The first-order chi connectivity index (χ1) is 20.9. The highest BCUT2D eigenvalue weighted by Crippen LogP contribution is 2.32. The van der Waals surface area contributed by atoms with Crippen LogP contribution in [0, 0.1) is 5.82 Å². The first-order valence-corrected chi connectivity index (χ1v) is 13.8. The van der Waals surface area contributed by atoms with E-state index in [2.05, 4.69) is 25.5 Å². The van der Waals surface area contributed by atoms with Crippen molar-refractivity contribution in [3.05, 3.63) is 90.8 Å². The number of carbonyl (C=O) groups is 2. The molecule has 1 aliphatic heterocycles. The standard InChI is InChI=1S/C32H28FN7O3/c1-20(41)14-21-2-5-24(6-3-21)36-32(42)37-25-7-9-26(28(33)16-25)30-38-29-15-22(23-17-34-19-35-18-23)4-8-27(29)31(39-30)40-10-12-43-13-11-40/h2-9,15-19H,10-14H2,1H3,(H2,36,37,42). The summed E-state index contributed by atoms with van der Waals surface area (Å²) in [5, 5.41) is 6.21. The van der Waals surface area contributed by atoms with Crippen LogP contribution < -0.4 is 15.5 Å². The molecule has 1 saturated heterocycles. The topological polar surface area (TPSA) is 122 Å². The number of ketones is 1. The van der Waals surface area contributed by atoms with Gasteiger partial charge in [0.1, 0.15) is 23.7 Å². The van der Waals surface area contributed by atoms with Crippen molar-refractivity contribution in [3.8, 4) is 22.5 Å². The second-order valence-electron chi connectivity index (χ2n) is 10.2. The van der Waals surface area contributed by atoms with E-state index in [0.717, 1.165) is 22.1 Å². The zero-order valence-electron chi connectivity index (χ0n) is 23.4. The molecule has 1 aliphatic rings. The maximum Gasteiger partial charge on any atom is 0.323 e. The Morgan fingerprint density at radius 1 is 0.884 bits per heavy atom. The molecule has 0 saturated carbocycles. The zero-order valence-corrected chi connectivity index (χ0v) is 23.4. The van der Waals surface area contributed by atoms with Crippen LogP contribution >= 0.6 is 0 Å². The highest BCUT2D eigenvalue weighted by atomic mass is 19.1. The van der Waals surface area contributed by atoms with Gasteiger partial charge in [-0.1, -0.05) is 18.2 Å². The minimum Gasteiger partial charge on any atom is -0.378 e. The molecule has 0 atom stereocenters. The van der Waals surface area contributed by atoms with Gasteiger partial charge in [-0.15, -0.1) is 0 Å². The van der Waals surface area contributed by atoms with Crippen LogP contribution in [-0.4, -0.2) is 58.1 Å². The number of halogens is 1. The van der Waals surface area contributed by atoms with Crippen molar-refractivity contribution in [3.63, 3.8) is 0 Å². The van der Waals surface area contributed by atoms with Crippen molar-refractivity contribution in [1.82, 2.24) is 19.9 Å². The number of urea groups is 1. The predicted molar refractivity (Wildman–Crippen MR) is 162 cm³/mol. The van der Waals surface area contributed by atoms with E-state index in [1.54, 1.807) is 48.8 Å². The fraction of sp³-hybridized carbons (Fsp3) is 0.188. The number of Topliss-reactive ketones (excluding diaryl/α,β-unsaturated/α-hetero) is 1. The smallest absolute Gasteiger partial charge is 0.323 e. The van der Waals surface area contributed by atoms with E-state index >= 15 is 4.39 Å². The minimum atomic E-state index is -0.578. The number of aromatic nitrogens is 4. The van der Waals surface area contributed by atoms with Crippen LogP contribution in [0.25, 0.3) is 33.4 Å². The van der Waals surface area contributed by atoms with Gasteiger partial charge in [0, 0.05) is 54.2 Å². The second-order valence-corrected chi connectivity index (χ2v) is 10.2. The number of carbonyl (C=O) groups excluding carboxylic acids is 2. The monoisotopic (exact) mass is 577 g/mol. The van der Waals surface area contributed by atoms with Crippen molar-refractivity contribution in [2.45, 2.75) is 13.3 Å². The number of fused-ring (bicyclic) bond motifs is 1. The molecule has 5 aromatic rings. The predicted octanol–water partition coefficient (Wildman–Crippen LogP) is 5.51. The van der Waals surface area contributed by atoms with E-state index in [-0.39, 0.29) is 22.9 Å². The molecule has 0 aliphatic carbocycles. The molecule has 6 rings (SSSR count). The normalized spacial score (nSPS) is 13.1. The number of nitrogens with one attached hydrogen (secondary N) is 2. The summed E-state index contributed by atoms with van der Waals surface area (Å²) in [6.45, 7) is 3.97. The van der Waals surface area contributed by atoms with Crippen molar-refractivity contribution < 1.29 is 18.7 Å². The van der Waals surface area contributed by atoms with Gasteiger partial charge in [-0.25, -0.2) is 29.1 Å². The maximum atomic E-state index is 15.6. The lowest BCUT2D eigenvalue weighted by Gasteiger charge is -2.29. The molecule has 0 unspecified atom stereocenters. The van der Waals surface area contributed by atoms with Crippen LogP contribution in [0.2, 0.25) is 0 Å². The Hall–Kier alpha value is -5.29. The molecule has 11 heteroatoms. The van der Waals surface area contributed by atoms with Gasteiger partial charge in [0.2, 0.25) is 0 Å². The Morgan fingerprint density at radius 2 is 1.60 bits per heavy atom. The van der Waals surface area contributed by atoms with Crippen LogP contribution in [0.4, 0.5) is 26.4 Å². The van der Waals surface area contributed by atoms with Gasteiger partial charge in [-0.2, -0.15) is 0 Å². The molecule has 43 heavy (non-hydrogen) atoms. The van der Waals surface area contributed by atoms with E-state index in [1.807, 2.05) is 18.2 Å². The first kappa shape index (κ1) is 27.9. The third kappa shape index (κ3) is 6.47. The number of amides is 2. The Morgan fingerprint density at radius 3 is 2.33 bits per heavy atom. The molecule has 3 aromatic carbocycles. The van der Waals surface area contributed by atoms with E-state index < -0.39 is 11.8 Å².